The van der Waals surface area contributed by atoms with Gasteiger partial charge in [-0.15, -0.1) is 11.3 Å². The summed E-state index contributed by atoms with van der Waals surface area (Å²) in [7, 11) is 0. The number of benzene rings is 1. The predicted octanol–water partition coefficient (Wildman–Crippen LogP) is 4.25. The van der Waals surface area contributed by atoms with Crippen LogP contribution in [0, 0.1) is 19.8 Å². The van der Waals surface area contributed by atoms with E-state index in [0.29, 0.717) is 13.1 Å². The number of nitrogens with one attached hydrogen (secondary N) is 2. The zero-order chi connectivity index (χ0) is 17.8. The minimum absolute atomic E-state index is 0.0168. The van der Waals surface area contributed by atoms with Crippen LogP contribution in [0.15, 0.2) is 35.7 Å². The molecule has 5 nitrogen and oxygen atoms in total. The highest BCUT2D eigenvalue weighted by molar-refractivity contribution is 7.14. The largest absolute Gasteiger partial charge is 0.326 e. The summed E-state index contributed by atoms with van der Waals surface area (Å²) >= 11 is 1.49. The van der Waals surface area contributed by atoms with Crippen molar-refractivity contribution in [1.29, 1.82) is 0 Å². The molecular formula is C19H23N3O2S. The lowest BCUT2D eigenvalue weighted by atomic mass is 9.97. The Kier molecular flexibility index (Phi) is 5.38. The molecule has 132 valence electrons. The molecular weight excluding hydrogens is 334 g/mol. The Morgan fingerprint density at radius 1 is 1.16 bits per heavy atom. The molecule has 0 aliphatic carbocycles. The van der Waals surface area contributed by atoms with Gasteiger partial charge in [0.25, 0.3) is 0 Å². The molecule has 3 rings (SSSR count). The van der Waals surface area contributed by atoms with Gasteiger partial charge in [-0.25, -0.2) is 4.79 Å². The van der Waals surface area contributed by atoms with Crippen LogP contribution in [0.2, 0.25) is 0 Å². The molecule has 3 amide bonds. The van der Waals surface area contributed by atoms with Crippen molar-refractivity contribution in [2.24, 2.45) is 5.92 Å². The summed E-state index contributed by atoms with van der Waals surface area (Å²) in [5.74, 6) is -0.193. The van der Waals surface area contributed by atoms with E-state index in [1.807, 2.05) is 49.6 Å². The van der Waals surface area contributed by atoms with Gasteiger partial charge in [-0.3, -0.25) is 10.1 Å². The Labute approximate surface area is 152 Å². The number of hydrogen-bond acceptors (Lipinski definition) is 3. The fraction of sp³-hybridized carbons (Fsp3) is 0.368. The van der Waals surface area contributed by atoms with Gasteiger partial charge in [0, 0.05) is 18.8 Å². The maximum Gasteiger partial charge on any atom is 0.322 e. The molecule has 1 aromatic carbocycles. The number of piperidine rings is 1. The van der Waals surface area contributed by atoms with E-state index in [1.54, 1.807) is 4.90 Å². The molecule has 0 saturated carbocycles. The van der Waals surface area contributed by atoms with E-state index >= 15 is 0 Å². The molecule has 1 saturated heterocycles. The molecule has 1 aliphatic heterocycles. The fourth-order valence-electron chi connectivity index (χ4n) is 2.97. The highest BCUT2D eigenvalue weighted by atomic mass is 32.1. The molecule has 6 heteroatoms. The minimum atomic E-state index is -0.176. The first-order chi connectivity index (χ1) is 12.0. The Hall–Kier alpha value is -2.34. The van der Waals surface area contributed by atoms with E-state index in [2.05, 4.69) is 10.6 Å². The predicted molar refractivity (Wildman–Crippen MR) is 102 cm³/mol. The van der Waals surface area contributed by atoms with Gasteiger partial charge in [0.15, 0.2) is 0 Å². The van der Waals surface area contributed by atoms with Crippen LogP contribution in [0.5, 0.6) is 0 Å². The maximum absolute atomic E-state index is 12.6. The Balaban J connectivity index is 1.59. The lowest BCUT2D eigenvalue weighted by Crippen LogP contribution is -2.45. The standard InChI is InChI=1S/C19H23N3O2S/c1-13-7-8-16(11-14(13)2)20-18(23)15-5-3-9-22(12-15)19(24)21-17-6-4-10-25-17/h4,6-8,10-11,15H,3,5,9,12H2,1-2H3,(H,20,23)(H,21,24). The molecule has 0 radical (unpaired) electrons. The molecule has 0 spiro atoms. The smallest absolute Gasteiger partial charge is 0.322 e. The Morgan fingerprint density at radius 3 is 2.72 bits per heavy atom. The number of urea groups is 1. The van der Waals surface area contributed by atoms with Crippen LogP contribution in [0.25, 0.3) is 0 Å². The molecule has 1 atom stereocenters. The first-order valence-electron chi connectivity index (χ1n) is 8.50. The molecule has 25 heavy (non-hydrogen) atoms. The highest BCUT2D eigenvalue weighted by Crippen LogP contribution is 2.22. The van der Waals surface area contributed by atoms with Crippen molar-refractivity contribution < 1.29 is 9.59 Å². The number of aryl methyl sites for hydroxylation is 2. The second-order valence-electron chi connectivity index (χ2n) is 6.48. The number of carbonyl (C=O) groups is 2. The Morgan fingerprint density at radius 2 is 2.00 bits per heavy atom. The summed E-state index contributed by atoms with van der Waals surface area (Å²) in [6.45, 7) is 5.22. The second kappa shape index (κ2) is 7.70. The van der Waals surface area contributed by atoms with Crippen LogP contribution in [0.4, 0.5) is 15.5 Å². The van der Waals surface area contributed by atoms with Crippen LogP contribution < -0.4 is 10.6 Å². The van der Waals surface area contributed by atoms with Gasteiger partial charge in [-0.2, -0.15) is 0 Å². The van der Waals surface area contributed by atoms with E-state index in [0.717, 1.165) is 29.1 Å². The van der Waals surface area contributed by atoms with Crippen LogP contribution in [0.3, 0.4) is 0 Å². The number of carbonyl (C=O) groups excluding carboxylic acids is 2. The van der Waals surface area contributed by atoms with Crippen molar-refractivity contribution in [3.05, 3.63) is 46.8 Å². The number of rotatable bonds is 3. The Bertz CT molecular complexity index is 758. The van der Waals surface area contributed by atoms with Crippen molar-refractivity contribution >= 4 is 34.0 Å². The average Bonchev–Trinajstić information content (AvgIpc) is 3.11. The van der Waals surface area contributed by atoms with Gasteiger partial charge < -0.3 is 10.2 Å². The SMILES string of the molecule is Cc1ccc(NC(=O)C2CCCN(C(=O)Nc3cccs3)C2)cc1C. The minimum Gasteiger partial charge on any atom is -0.326 e. The van der Waals surface area contributed by atoms with Gasteiger partial charge in [-0.05, 0) is 67.5 Å². The maximum atomic E-state index is 12.6. The van der Waals surface area contributed by atoms with Crippen LogP contribution >= 0.6 is 11.3 Å². The van der Waals surface area contributed by atoms with Crippen molar-refractivity contribution in [1.82, 2.24) is 4.90 Å². The summed E-state index contributed by atoms with van der Waals surface area (Å²) in [4.78, 5) is 26.7. The molecule has 2 aromatic rings. The molecule has 2 heterocycles. The van der Waals surface area contributed by atoms with E-state index in [1.165, 1.54) is 16.9 Å². The van der Waals surface area contributed by atoms with Crippen LogP contribution in [-0.2, 0) is 4.79 Å². The summed E-state index contributed by atoms with van der Waals surface area (Å²) in [5.41, 5.74) is 3.17. The van der Waals surface area contributed by atoms with Crippen molar-refractivity contribution in [3.63, 3.8) is 0 Å². The normalized spacial score (nSPS) is 17.2. The summed E-state index contributed by atoms with van der Waals surface area (Å²) in [6.07, 6.45) is 1.64. The third kappa shape index (κ3) is 4.39. The number of thiophene rings is 1. The average molecular weight is 357 g/mol. The number of amides is 3. The van der Waals surface area contributed by atoms with Gasteiger partial charge in [0.05, 0.1) is 10.9 Å². The van der Waals surface area contributed by atoms with Gasteiger partial charge in [0.1, 0.15) is 0 Å². The monoisotopic (exact) mass is 357 g/mol. The van der Waals surface area contributed by atoms with E-state index in [4.69, 9.17) is 0 Å². The fourth-order valence-corrected chi connectivity index (χ4v) is 3.58. The highest BCUT2D eigenvalue weighted by Gasteiger charge is 2.28. The van der Waals surface area contributed by atoms with E-state index in [9.17, 15) is 9.59 Å². The van der Waals surface area contributed by atoms with Gasteiger partial charge in [-0.1, -0.05) is 6.07 Å². The lowest BCUT2D eigenvalue weighted by molar-refractivity contribution is -0.121. The number of anilines is 2. The summed E-state index contributed by atoms with van der Waals surface area (Å²) < 4.78 is 0. The topological polar surface area (TPSA) is 61.4 Å². The number of hydrogen-bond donors (Lipinski definition) is 2. The van der Waals surface area contributed by atoms with Gasteiger partial charge in [0.2, 0.25) is 5.91 Å². The van der Waals surface area contributed by atoms with E-state index < -0.39 is 0 Å². The molecule has 2 N–H and O–H groups in total. The molecule has 1 aromatic heterocycles. The first-order valence-corrected chi connectivity index (χ1v) is 9.38. The molecule has 1 aliphatic rings. The second-order valence-corrected chi connectivity index (χ2v) is 7.43. The molecule has 1 fully saturated rings. The number of nitrogens with zero attached hydrogens (tertiary/aromatic N) is 1. The van der Waals surface area contributed by atoms with Crippen molar-refractivity contribution in [2.45, 2.75) is 26.7 Å². The molecule has 1 unspecified atom stereocenters. The molecule has 0 bridgehead atoms. The first kappa shape index (κ1) is 17.5. The van der Waals surface area contributed by atoms with Crippen molar-refractivity contribution in [3.8, 4) is 0 Å². The van der Waals surface area contributed by atoms with Crippen LogP contribution in [0.1, 0.15) is 24.0 Å². The quantitative estimate of drug-likeness (QED) is 0.863. The summed E-state index contributed by atoms with van der Waals surface area (Å²) in [5, 5.41) is 8.63. The lowest BCUT2D eigenvalue weighted by Gasteiger charge is -2.32. The zero-order valence-electron chi connectivity index (χ0n) is 14.5. The van der Waals surface area contributed by atoms with Gasteiger partial charge >= 0.3 is 6.03 Å². The number of likely N-dealkylation sites (tertiary alicyclic amines) is 1. The van der Waals surface area contributed by atoms with Crippen molar-refractivity contribution in [2.75, 3.05) is 23.7 Å². The summed E-state index contributed by atoms with van der Waals surface area (Å²) in [6, 6.07) is 9.55. The van der Waals surface area contributed by atoms with E-state index in [-0.39, 0.29) is 17.9 Å². The zero-order valence-corrected chi connectivity index (χ0v) is 15.4. The third-order valence-corrected chi connectivity index (χ3v) is 5.39. The third-order valence-electron chi connectivity index (χ3n) is 4.61. The van der Waals surface area contributed by atoms with Crippen LogP contribution in [-0.4, -0.2) is 29.9 Å².